The highest BCUT2D eigenvalue weighted by Gasteiger charge is 2.36. The van der Waals surface area contributed by atoms with Gasteiger partial charge in [-0.3, -0.25) is 0 Å². The number of aromatic nitrogens is 2. The van der Waals surface area contributed by atoms with Gasteiger partial charge in [0.25, 0.3) is 0 Å². The van der Waals surface area contributed by atoms with Crippen LogP contribution in [0.5, 0.6) is 0 Å². The minimum atomic E-state index is -3.01. The maximum atomic E-state index is 11.6. The summed E-state index contributed by atoms with van der Waals surface area (Å²) < 4.78 is 23.1. The molecule has 10 heteroatoms. The van der Waals surface area contributed by atoms with Gasteiger partial charge in [-0.25, -0.2) is 18.4 Å². The number of rotatable bonds is 5. The van der Waals surface area contributed by atoms with E-state index in [1.54, 1.807) is 32.3 Å². The number of sulfone groups is 1. The summed E-state index contributed by atoms with van der Waals surface area (Å²) in [6, 6.07) is 1.76. The highest BCUT2D eigenvalue weighted by molar-refractivity contribution is 7.91. The summed E-state index contributed by atoms with van der Waals surface area (Å²) in [7, 11) is -3.01. The second-order valence-electron chi connectivity index (χ2n) is 7.09. The summed E-state index contributed by atoms with van der Waals surface area (Å²) in [5, 5.41) is 8.70. The molecule has 0 unspecified atom stereocenters. The van der Waals surface area contributed by atoms with Crippen LogP contribution in [0.25, 0.3) is 21.2 Å². The maximum absolute atomic E-state index is 11.6. The number of fused-ring (bicyclic) bond motifs is 1. The summed E-state index contributed by atoms with van der Waals surface area (Å²) in [4.78, 5) is 11.5. The zero-order valence-corrected chi connectivity index (χ0v) is 16.2. The molecule has 1 N–H and O–H groups in total. The van der Waals surface area contributed by atoms with Gasteiger partial charge in [0, 0.05) is 35.0 Å². The van der Waals surface area contributed by atoms with Gasteiger partial charge < -0.3 is 5.32 Å². The van der Waals surface area contributed by atoms with Gasteiger partial charge in [-0.15, -0.1) is 0 Å². The first-order chi connectivity index (χ1) is 12.1. The van der Waals surface area contributed by atoms with Gasteiger partial charge in [-0.05, 0) is 35.4 Å². The van der Waals surface area contributed by atoms with Crippen molar-refractivity contribution in [3.8, 4) is 0 Å². The molecule has 0 amide bonds. The molecule has 0 saturated heterocycles. The van der Waals surface area contributed by atoms with E-state index in [9.17, 15) is 8.42 Å². The predicted octanol–water partition coefficient (Wildman–Crippen LogP) is 3.82. The van der Waals surface area contributed by atoms with Crippen LogP contribution in [0.4, 0.5) is 5.82 Å². The van der Waals surface area contributed by atoms with Crippen molar-refractivity contribution in [1.82, 2.24) is 9.97 Å². The lowest BCUT2D eigenvalue weighted by Crippen LogP contribution is -2.43. The number of hydrogen-bond acceptors (Lipinski definition) is 6. The zero-order chi connectivity index (χ0) is 19.1. The number of azide groups is 1. The third-order valence-electron chi connectivity index (χ3n) is 4.73. The lowest BCUT2D eigenvalue weighted by molar-refractivity contribution is 0.434. The van der Waals surface area contributed by atoms with E-state index in [1.807, 2.05) is 0 Å². The summed E-state index contributed by atoms with van der Waals surface area (Å²) in [6.45, 7) is 3.60. The summed E-state index contributed by atoms with van der Waals surface area (Å²) in [5.41, 5.74) is 8.77. The van der Waals surface area contributed by atoms with Crippen molar-refractivity contribution in [2.24, 2.45) is 5.11 Å². The Morgan fingerprint density at radius 2 is 2.00 bits per heavy atom. The topological polar surface area (TPSA) is 121 Å². The molecule has 8 nitrogen and oxygen atoms in total. The first kappa shape index (κ1) is 18.7. The standard InChI is InChI=1S/C16H19ClN6O2S/c1-16(2,22-23-18)13-8-20-15(12-7-19-14(17)6-11(12)13)21-9-4-10(5-9)26(3,24)25/h6-10H,4-5H2,1-3H3,(H,20,21). The Kier molecular flexibility index (Phi) is 4.72. The van der Waals surface area contributed by atoms with E-state index in [0.29, 0.717) is 23.8 Å². The number of anilines is 1. The third-order valence-corrected chi connectivity index (χ3v) is 6.54. The van der Waals surface area contributed by atoms with Gasteiger partial charge >= 0.3 is 0 Å². The largest absolute Gasteiger partial charge is 0.367 e. The van der Waals surface area contributed by atoms with Gasteiger partial charge in [0.15, 0.2) is 0 Å². The molecule has 0 aliphatic heterocycles. The molecule has 0 atom stereocenters. The fourth-order valence-electron chi connectivity index (χ4n) is 3.10. The fourth-order valence-corrected chi connectivity index (χ4v) is 4.43. The zero-order valence-electron chi connectivity index (χ0n) is 14.6. The molecule has 2 aromatic heterocycles. The smallest absolute Gasteiger partial charge is 0.150 e. The molecule has 1 fully saturated rings. The highest BCUT2D eigenvalue weighted by Crippen LogP contribution is 2.36. The molecule has 1 saturated carbocycles. The number of pyridine rings is 2. The van der Waals surface area contributed by atoms with E-state index < -0.39 is 15.4 Å². The number of halogens is 1. The molecule has 0 aromatic carbocycles. The van der Waals surface area contributed by atoms with E-state index in [0.717, 1.165) is 16.3 Å². The lowest BCUT2D eigenvalue weighted by atomic mass is 9.91. The van der Waals surface area contributed by atoms with Crippen LogP contribution in [0.2, 0.25) is 5.15 Å². The van der Waals surface area contributed by atoms with Crippen LogP contribution in [0.3, 0.4) is 0 Å². The van der Waals surface area contributed by atoms with Gasteiger partial charge in [0.05, 0.1) is 10.8 Å². The molecule has 2 aromatic rings. The first-order valence-corrected chi connectivity index (χ1v) is 10.4. The normalized spacial score (nSPS) is 20.3. The van der Waals surface area contributed by atoms with Crippen molar-refractivity contribution >= 4 is 38.0 Å². The Balaban J connectivity index is 1.98. The van der Waals surface area contributed by atoms with Crippen LogP contribution in [0, 0.1) is 0 Å². The molecular formula is C16H19ClN6O2S. The lowest BCUT2D eigenvalue weighted by Gasteiger charge is -2.35. The van der Waals surface area contributed by atoms with Crippen LogP contribution in [-0.4, -0.2) is 35.9 Å². The summed E-state index contributed by atoms with van der Waals surface area (Å²) in [5.74, 6) is 0.613. The van der Waals surface area contributed by atoms with Crippen LogP contribution >= 0.6 is 11.6 Å². The second-order valence-corrected chi connectivity index (χ2v) is 9.80. The van der Waals surface area contributed by atoms with E-state index >= 15 is 0 Å². The Labute approximate surface area is 156 Å². The van der Waals surface area contributed by atoms with Crippen LogP contribution in [0.15, 0.2) is 23.6 Å². The average Bonchev–Trinajstić information content (AvgIpc) is 2.48. The van der Waals surface area contributed by atoms with Crippen molar-refractivity contribution in [1.29, 1.82) is 0 Å². The summed E-state index contributed by atoms with van der Waals surface area (Å²) in [6.07, 6.45) is 5.64. The van der Waals surface area contributed by atoms with Gasteiger partial charge in [-0.1, -0.05) is 30.6 Å². The van der Waals surface area contributed by atoms with Crippen molar-refractivity contribution < 1.29 is 8.42 Å². The molecule has 0 radical (unpaired) electrons. The van der Waals surface area contributed by atoms with Crippen molar-refractivity contribution in [3.63, 3.8) is 0 Å². The average molecular weight is 395 g/mol. The Hall–Kier alpha value is -2.09. The van der Waals surface area contributed by atoms with Crippen molar-refractivity contribution in [2.45, 2.75) is 43.5 Å². The Morgan fingerprint density at radius 3 is 2.62 bits per heavy atom. The minimum absolute atomic E-state index is 0.0390. The van der Waals surface area contributed by atoms with Crippen LogP contribution in [-0.2, 0) is 15.4 Å². The number of nitrogens with one attached hydrogen (secondary N) is 1. The summed E-state index contributed by atoms with van der Waals surface area (Å²) >= 11 is 6.06. The highest BCUT2D eigenvalue weighted by atomic mass is 35.5. The molecular weight excluding hydrogens is 376 g/mol. The van der Waals surface area contributed by atoms with E-state index in [2.05, 4.69) is 25.3 Å². The van der Waals surface area contributed by atoms with E-state index in [-0.39, 0.29) is 11.3 Å². The predicted molar refractivity (Wildman–Crippen MR) is 102 cm³/mol. The molecule has 3 rings (SSSR count). The van der Waals surface area contributed by atoms with Crippen molar-refractivity contribution in [2.75, 3.05) is 11.6 Å². The SMILES string of the molecule is CC(C)(N=[N+]=[N-])c1cnc(NC2CC(S(C)(=O)=O)C2)c2cnc(Cl)cc12. The third kappa shape index (κ3) is 3.56. The molecule has 1 aliphatic rings. The molecule has 138 valence electrons. The van der Waals surface area contributed by atoms with E-state index in [4.69, 9.17) is 17.1 Å². The van der Waals surface area contributed by atoms with Crippen LogP contribution in [0.1, 0.15) is 32.3 Å². The Bertz CT molecular complexity index is 1010. The van der Waals surface area contributed by atoms with Gasteiger partial charge in [-0.2, -0.15) is 0 Å². The second kappa shape index (κ2) is 6.57. The molecule has 0 spiro atoms. The number of hydrogen-bond donors (Lipinski definition) is 1. The molecule has 1 aliphatic carbocycles. The first-order valence-electron chi connectivity index (χ1n) is 8.08. The fraction of sp³-hybridized carbons (Fsp3) is 0.500. The number of nitrogens with zero attached hydrogens (tertiary/aromatic N) is 5. The van der Waals surface area contributed by atoms with Crippen molar-refractivity contribution in [3.05, 3.63) is 39.6 Å². The van der Waals surface area contributed by atoms with Gasteiger partial charge in [0.1, 0.15) is 20.8 Å². The monoisotopic (exact) mass is 394 g/mol. The molecule has 2 heterocycles. The Morgan fingerprint density at radius 1 is 1.31 bits per heavy atom. The maximum Gasteiger partial charge on any atom is 0.150 e. The molecule has 0 bridgehead atoms. The van der Waals surface area contributed by atoms with Gasteiger partial charge in [0.2, 0.25) is 0 Å². The van der Waals surface area contributed by atoms with E-state index in [1.165, 1.54) is 6.26 Å². The van der Waals surface area contributed by atoms with Crippen LogP contribution < -0.4 is 5.32 Å². The minimum Gasteiger partial charge on any atom is -0.367 e. The molecule has 26 heavy (non-hydrogen) atoms. The quantitative estimate of drug-likeness (QED) is 0.357.